The summed E-state index contributed by atoms with van der Waals surface area (Å²) >= 11 is 0. The highest BCUT2D eigenvalue weighted by Crippen LogP contribution is 2.43. The third-order valence-electron chi connectivity index (χ3n) is 5.85. The summed E-state index contributed by atoms with van der Waals surface area (Å²) in [7, 11) is -2.03. The molecule has 5 nitrogen and oxygen atoms in total. The summed E-state index contributed by atoms with van der Waals surface area (Å²) in [5.41, 5.74) is 1.95. The predicted molar refractivity (Wildman–Crippen MR) is 107 cm³/mol. The van der Waals surface area contributed by atoms with Crippen LogP contribution in [-0.2, 0) is 12.8 Å². The van der Waals surface area contributed by atoms with Crippen LogP contribution in [0.25, 0.3) is 0 Å². The topological polar surface area (TPSA) is 70.0 Å². The van der Waals surface area contributed by atoms with Gasteiger partial charge in [-0.1, -0.05) is 33.8 Å². The molecule has 1 aromatic rings. The zero-order valence-corrected chi connectivity index (χ0v) is 17.9. The molecule has 2 rings (SSSR count). The van der Waals surface area contributed by atoms with Crippen LogP contribution >= 0.6 is 0 Å². The first kappa shape index (κ1) is 20.6. The number of carboxylic acid groups (broad SMARTS) is 1. The second-order valence-corrected chi connectivity index (χ2v) is 13.5. The van der Waals surface area contributed by atoms with Crippen molar-refractivity contribution in [3.05, 3.63) is 23.3 Å². The molecular weight excluding hydrogens is 346 g/mol. The Morgan fingerprint density at radius 1 is 1.35 bits per heavy atom. The summed E-state index contributed by atoms with van der Waals surface area (Å²) in [6, 6.07) is 3.82. The van der Waals surface area contributed by atoms with Crippen molar-refractivity contribution in [2.24, 2.45) is 0 Å². The Morgan fingerprint density at radius 2 is 2.00 bits per heavy atom. The number of aromatic hydroxyl groups is 1. The molecule has 0 fully saturated rings. The first-order valence-corrected chi connectivity index (χ1v) is 12.4. The van der Waals surface area contributed by atoms with Gasteiger partial charge in [-0.3, -0.25) is 0 Å². The molecular formula is C20H33NO4Si. The summed E-state index contributed by atoms with van der Waals surface area (Å²) in [5.74, 6) is 0.806. The number of rotatable bonds is 5. The van der Waals surface area contributed by atoms with Crippen LogP contribution in [0.3, 0.4) is 0 Å². The smallest absolute Gasteiger partial charge is 0.407 e. The minimum Gasteiger partial charge on any atom is -0.541 e. The van der Waals surface area contributed by atoms with Crippen LogP contribution < -0.4 is 4.43 Å². The van der Waals surface area contributed by atoms with E-state index in [0.717, 1.165) is 24.0 Å². The number of amides is 1. The highest BCUT2D eigenvalue weighted by Gasteiger charge is 2.40. The van der Waals surface area contributed by atoms with Crippen molar-refractivity contribution in [2.75, 3.05) is 6.54 Å². The van der Waals surface area contributed by atoms with Crippen molar-refractivity contribution in [3.8, 4) is 11.5 Å². The molecule has 1 aliphatic rings. The molecule has 1 aliphatic carbocycles. The lowest BCUT2D eigenvalue weighted by molar-refractivity contribution is 0.119. The van der Waals surface area contributed by atoms with Gasteiger partial charge in [0.15, 0.2) is 5.75 Å². The maximum absolute atomic E-state index is 11.5. The summed E-state index contributed by atoms with van der Waals surface area (Å²) in [4.78, 5) is 13.1. The van der Waals surface area contributed by atoms with Crippen molar-refractivity contribution in [1.82, 2.24) is 4.90 Å². The monoisotopic (exact) mass is 379 g/mol. The van der Waals surface area contributed by atoms with Gasteiger partial charge in [-0.05, 0) is 55.4 Å². The first-order chi connectivity index (χ1) is 12.0. The SMILES string of the molecule is CCCN(C(=O)O)[C@H]1CCc2c(ccc(O[Si](C)(C)C(C)(C)C)c2O)C1. The van der Waals surface area contributed by atoms with Crippen molar-refractivity contribution in [2.45, 2.75) is 77.6 Å². The van der Waals surface area contributed by atoms with Gasteiger partial charge < -0.3 is 19.5 Å². The normalized spacial score (nSPS) is 17.5. The van der Waals surface area contributed by atoms with Gasteiger partial charge in [0.05, 0.1) is 0 Å². The van der Waals surface area contributed by atoms with Gasteiger partial charge in [-0.25, -0.2) is 4.79 Å². The van der Waals surface area contributed by atoms with E-state index in [-0.39, 0.29) is 16.8 Å². The summed E-state index contributed by atoms with van der Waals surface area (Å²) in [6.07, 6.45) is 2.00. The molecule has 0 spiro atoms. The van der Waals surface area contributed by atoms with E-state index in [1.807, 2.05) is 19.1 Å². The number of carbonyl (C=O) groups is 1. The second kappa shape index (κ2) is 7.51. The van der Waals surface area contributed by atoms with E-state index in [1.165, 1.54) is 0 Å². The molecule has 1 atom stereocenters. The molecule has 26 heavy (non-hydrogen) atoms. The molecule has 146 valence electrons. The number of phenols is 1. The molecule has 2 N–H and O–H groups in total. The fourth-order valence-corrected chi connectivity index (χ4v) is 4.27. The summed E-state index contributed by atoms with van der Waals surface area (Å²) in [6.45, 7) is 13.4. The number of fused-ring (bicyclic) bond motifs is 1. The van der Waals surface area contributed by atoms with Crippen LogP contribution in [0, 0.1) is 0 Å². The first-order valence-electron chi connectivity index (χ1n) is 9.50. The molecule has 0 bridgehead atoms. The second-order valence-electron chi connectivity index (χ2n) is 8.78. The van der Waals surface area contributed by atoms with Crippen molar-refractivity contribution in [3.63, 3.8) is 0 Å². The van der Waals surface area contributed by atoms with Gasteiger partial charge in [-0.15, -0.1) is 0 Å². The van der Waals surface area contributed by atoms with Crippen LogP contribution in [0.2, 0.25) is 18.1 Å². The highest BCUT2D eigenvalue weighted by atomic mass is 28.4. The van der Waals surface area contributed by atoms with E-state index in [2.05, 4.69) is 33.9 Å². The van der Waals surface area contributed by atoms with E-state index in [4.69, 9.17) is 4.43 Å². The van der Waals surface area contributed by atoms with Crippen molar-refractivity contribution >= 4 is 14.4 Å². The van der Waals surface area contributed by atoms with Crippen molar-refractivity contribution < 1.29 is 19.4 Å². The lowest BCUT2D eigenvalue weighted by atomic mass is 9.86. The van der Waals surface area contributed by atoms with E-state index in [1.54, 1.807) is 4.90 Å². The average Bonchev–Trinajstić information content (AvgIpc) is 2.53. The maximum Gasteiger partial charge on any atom is 0.407 e. The van der Waals surface area contributed by atoms with Crippen LogP contribution in [-0.4, -0.2) is 42.1 Å². The van der Waals surface area contributed by atoms with Crippen LogP contribution in [0.15, 0.2) is 12.1 Å². The van der Waals surface area contributed by atoms with Crippen molar-refractivity contribution in [1.29, 1.82) is 0 Å². The Bertz CT molecular complexity index is 667. The molecule has 0 aliphatic heterocycles. The van der Waals surface area contributed by atoms with Crippen LogP contribution in [0.5, 0.6) is 11.5 Å². The minimum atomic E-state index is -2.03. The molecule has 0 aromatic heterocycles. The molecule has 1 aromatic carbocycles. The number of phenolic OH excluding ortho intramolecular Hbond substituents is 1. The Hall–Kier alpha value is -1.69. The van der Waals surface area contributed by atoms with Gasteiger partial charge in [0.25, 0.3) is 8.32 Å². The number of nitrogens with zero attached hydrogens (tertiary/aromatic N) is 1. The Labute approximate surface area is 158 Å². The molecule has 6 heteroatoms. The van der Waals surface area contributed by atoms with Gasteiger partial charge in [0, 0.05) is 18.2 Å². The van der Waals surface area contributed by atoms with E-state index in [0.29, 0.717) is 25.1 Å². The van der Waals surface area contributed by atoms with Crippen LogP contribution in [0.1, 0.15) is 51.7 Å². The zero-order chi connectivity index (χ0) is 19.7. The Kier molecular flexibility index (Phi) is 5.95. The summed E-state index contributed by atoms with van der Waals surface area (Å²) < 4.78 is 6.30. The van der Waals surface area contributed by atoms with Gasteiger partial charge >= 0.3 is 6.09 Å². The van der Waals surface area contributed by atoms with Gasteiger partial charge in [-0.2, -0.15) is 0 Å². The number of benzene rings is 1. The Balaban J connectivity index is 2.25. The lowest BCUT2D eigenvalue weighted by Gasteiger charge is -2.37. The lowest BCUT2D eigenvalue weighted by Crippen LogP contribution is -2.44. The van der Waals surface area contributed by atoms with E-state index < -0.39 is 14.4 Å². The van der Waals surface area contributed by atoms with E-state index in [9.17, 15) is 15.0 Å². The molecule has 0 radical (unpaired) electrons. The standard InChI is InChI=1S/C20H33NO4Si/c1-7-12-21(19(23)24)15-9-10-16-14(13-15)8-11-17(18(16)22)25-26(5,6)20(2,3)4/h8,11,15,22H,7,9-10,12-13H2,1-6H3,(H,23,24)/t15-/m0/s1. The van der Waals surface area contributed by atoms with E-state index >= 15 is 0 Å². The fraction of sp³-hybridized carbons (Fsp3) is 0.650. The molecule has 1 amide bonds. The third kappa shape index (κ3) is 4.17. The number of hydrogen-bond acceptors (Lipinski definition) is 3. The predicted octanol–water partition coefficient (Wildman–Crippen LogP) is 5.02. The Morgan fingerprint density at radius 3 is 2.54 bits per heavy atom. The van der Waals surface area contributed by atoms with Gasteiger partial charge in [0.1, 0.15) is 5.75 Å². The van der Waals surface area contributed by atoms with Crippen LogP contribution in [0.4, 0.5) is 4.79 Å². The zero-order valence-electron chi connectivity index (χ0n) is 16.9. The van der Waals surface area contributed by atoms with Gasteiger partial charge in [0.2, 0.25) is 0 Å². The minimum absolute atomic E-state index is 0.0218. The highest BCUT2D eigenvalue weighted by molar-refractivity contribution is 6.74. The molecule has 0 saturated heterocycles. The molecule has 0 saturated carbocycles. The largest absolute Gasteiger partial charge is 0.541 e. The fourth-order valence-electron chi connectivity index (χ4n) is 3.25. The molecule has 0 unspecified atom stereocenters. The summed E-state index contributed by atoms with van der Waals surface area (Å²) in [5, 5.41) is 20.3. The average molecular weight is 380 g/mol. The quantitative estimate of drug-likeness (QED) is 0.705. The third-order valence-corrected chi connectivity index (χ3v) is 10.2. The molecule has 0 heterocycles. The number of hydrogen-bond donors (Lipinski definition) is 2. The maximum atomic E-state index is 11.5.